The molecule has 0 amide bonds. The topological polar surface area (TPSA) is 67.8 Å². The number of hydrogen-bond donors (Lipinski definition) is 2. The fourth-order valence-electron chi connectivity index (χ4n) is 2.27. The first-order chi connectivity index (χ1) is 8.65. The first-order valence-electron chi connectivity index (χ1n) is 5.83. The summed E-state index contributed by atoms with van der Waals surface area (Å²) >= 11 is 0. The van der Waals surface area contributed by atoms with Crippen LogP contribution in [0.3, 0.4) is 0 Å². The second-order valence-corrected chi connectivity index (χ2v) is 4.34. The average molecular weight is 251 g/mol. The summed E-state index contributed by atoms with van der Waals surface area (Å²) < 4.78 is 10.5. The van der Waals surface area contributed by atoms with Crippen molar-refractivity contribution in [2.24, 2.45) is 5.92 Å². The van der Waals surface area contributed by atoms with Crippen molar-refractivity contribution in [3.05, 3.63) is 23.8 Å². The number of benzene rings is 1. The van der Waals surface area contributed by atoms with Crippen molar-refractivity contribution in [1.82, 2.24) is 5.32 Å². The molecule has 0 aliphatic carbocycles. The summed E-state index contributed by atoms with van der Waals surface area (Å²) in [6, 6.07) is 5.55. The second-order valence-electron chi connectivity index (χ2n) is 4.34. The van der Waals surface area contributed by atoms with Crippen molar-refractivity contribution in [2.75, 3.05) is 20.8 Å². The van der Waals surface area contributed by atoms with E-state index in [9.17, 15) is 4.79 Å². The molecule has 5 heteroatoms. The number of methoxy groups -OCH3 is 2. The summed E-state index contributed by atoms with van der Waals surface area (Å²) in [7, 11) is 3.21. The molecule has 0 spiro atoms. The van der Waals surface area contributed by atoms with E-state index in [4.69, 9.17) is 14.6 Å². The fourth-order valence-corrected chi connectivity index (χ4v) is 2.27. The summed E-state index contributed by atoms with van der Waals surface area (Å²) in [6.07, 6.45) is 0.568. The van der Waals surface area contributed by atoms with Gasteiger partial charge in [0.15, 0.2) is 0 Å². The van der Waals surface area contributed by atoms with Gasteiger partial charge in [-0.3, -0.25) is 4.79 Å². The van der Waals surface area contributed by atoms with Gasteiger partial charge in [0.25, 0.3) is 0 Å². The highest BCUT2D eigenvalue weighted by Crippen LogP contribution is 2.35. The largest absolute Gasteiger partial charge is 0.497 e. The molecule has 18 heavy (non-hydrogen) atoms. The predicted octanol–water partition coefficient (Wildman–Crippen LogP) is 1.44. The molecule has 0 saturated carbocycles. The minimum absolute atomic E-state index is 0.00356. The number of hydrogen-bond acceptors (Lipinski definition) is 4. The zero-order chi connectivity index (χ0) is 13.1. The van der Waals surface area contributed by atoms with Crippen molar-refractivity contribution in [3.63, 3.8) is 0 Å². The van der Waals surface area contributed by atoms with E-state index in [0.717, 1.165) is 17.1 Å². The van der Waals surface area contributed by atoms with Crippen LogP contribution in [0.4, 0.5) is 0 Å². The summed E-state index contributed by atoms with van der Waals surface area (Å²) in [5.74, 6) is 0.392. The zero-order valence-corrected chi connectivity index (χ0v) is 10.5. The van der Waals surface area contributed by atoms with Gasteiger partial charge in [-0.05, 0) is 24.6 Å². The van der Waals surface area contributed by atoms with Gasteiger partial charge in [0, 0.05) is 18.2 Å². The Balaban J connectivity index is 2.24. The van der Waals surface area contributed by atoms with Crippen LogP contribution in [0.1, 0.15) is 18.0 Å². The molecule has 1 fully saturated rings. The van der Waals surface area contributed by atoms with Gasteiger partial charge in [-0.25, -0.2) is 0 Å². The van der Waals surface area contributed by atoms with E-state index in [0.29, 0.717) is 13.0 Å². The smallest absolute Gasteiger partial charge is 0.307 e. The third-order valence-electron chi connectivity index (χ3n) is 3.29. The summed E-state index contributed by atoms with van der Waals surface area (Å²) in [5, 5.41) is 12.2. The first-order valence-corrected chi connectivity index (χ1v) is 5.83. The highest BCUT2D eigenvalue weighted by molar-refractivity contribution is 5.71. The van der Waals surface area contributed by atoms with Crippen molar-refractivity contribution in [1.29, 1.82) is 0 Å². The molecule has 2 N–H and O–H groups in total. The Bertz CT molecular complexity index is 447. The van der Waals surface area contributed by atoms with Gasteiger partial charge < -0.3 is 19.9 Å². The van der Waals surface area contributed by atoms with Gasteiger partial charge >= 0.3 is 5.97 Å². The van der Waals surface area contributed by atoms with Crippen LogP contribution in [0, 0.1) is 5.92 Å². The molecule has 1 aliphatic heterocycles. The van der Waals surface area contributed by atoms with Gasteiger partial charge in [0.1, 0.15) is 11.5 Å². The second kappa shape index (κ2) is 5.27. The minimum atomic E-state index is -0.758. The number of aliphatic carboxylic acids is 1. The van der Waals surface area contributed by atoms with Gasteiger partial charge in [0.2, 0.25) is 0 Å². The maximum Gasteiger partial charge on any atom is 0.307 e. The zero-order valence-electron chi connectivity index (χ0n) is 10.5. The minimum Gasteiger partial charge on any atom is -0.497 e. The van der Waals surface area contributed by atoms with Crippen molar-refractivity contribution >= 4 is 5.97 Å². The number of rotatable bonds is 4. The van der Waals surface area contributed by atoms with Crippen molar-refractivity contribution < 1.29 is 19.4 Å². The van der Waals surface area contributed by atoms with E-state index in [1.165, 1.54) is 0 Å². The van der Waals surface area contributed by atoms with Crippen LogP contribution in [-0.2, 0) is 4.79 Å². The summed E-state index contributed by atoms with van der Waals surface area (Å²) in [4.78, 5) is 11.0. The molecule has 1 aromatic rings. The molecule has 2 atom stereocenters. The van der Waals surface area contributed by atoms with Crippen LogP contribution in [0.25, 0.3) is 0 Å². The van der Waals surface area contributed by atoms with Gasteiger partial charge in [-0.1, -0.05) is 0 Å². The maximum absolute atomic E-state index is 11.0. The van der Waals surface area contributed by atoms with Crippen molar-refractivity contribution in [2.45, 2.75) is 12.5 Å². The lowest BCUT2D eigenvalue weighted by molar-refractivity contribution is -0.141. The van der Waals surface area contributed by atoms with Crippen LogP contribution < -0.4 is 14.8 Å². The highest BCUT2D eigenvalue weighted by atomic mass is 16.5. The van der Waals surface area contributed by atoms with E-state index >= 15 is 0 Å². The average Bonchev–Trinajstić information content (AvgIpc) is 2.87. The van der Waals surface area contributed by atoms with E-state index in [1.807, 2.05) is 18.2 Å². The van der Waals surface area contributed by atoms with Crippen LogP contribution in [0.2, 0.25) is 0 Å². The van der Waals surface area contributed by atoms with Crippen LogP contribution in [0.15, 0.2) is 18.2 Å². The Kier molecular flexibility index (Phi) is 3.72. The molecule has 1 heterocycles. The molecule has 5 nitrogen and oxygen atoms in total. The third-order valence-corrected chi connectivity index (χ3v) is 3.29. The number of carboxylic acid groups (broad SMARTS) is 1. The lowest BCUT2D eigenvalue weighted by atomic mass is 9.99. The van der Waals surface area contributed by atoms with Gasteiger partial charge in [-0.15, -0.1) is 0 Å². The molecule has 2 unspecified atom stereocenters. The Morgan fingerprint density at radius 2 is 2.17 bits per heavy atom. The molecule has 1 saturated heterocycles. The van der Waals surface area contributed by atoms with E-state index in [-0.39, 0.29) is 12.0 Å². The highest BCUT2D eigenvalue weighted by Gasteiger charge is 2.31. The molecular weight excluding hydrogens is 234 g/mol. The van der Waals surface area contributed by atoms with E-state index in [1.54, 1.807) is 14.2 Å². The summed E-state index contributed by atoms with van der Waals surface area (Å²) in [5.41, 5.74) is 0.945. The number of carboxylic acids is 1. The lowest BCUT2D eigenvalue weighted by Crippen LogP contribution is -2.17. The lowest BCUT2D eigenvalue weighted by Gasteiger charge is -2.16. The Morgan fingerprint density at radius 1 is 1.39 bits per heavy atom. The molecule has 0 radical (unpaired) electrons. The van der Waals surface area contributed by atoms with E-state index < -0.39 is 5.97 Å². The third kappa shape index (κ3) is 2.41. The van der Waals surface area contributed by atoms with Crippen LogP contribution in [0.5, 0.6) is 11.5 Å². The Hall–Kier alpha value is -1.75. The maximum atomic E-state index is 11.0. The Labute approximate surface area is 106 Å². The van der Waals surface area contributed by atoms with Gasteiger partial charge in [-0.2, -0.15) is 0 Å². The monoisotopic (exact) mass is 251 g/mol. The first kappa shape index (κ1) is 12.7. The number of ether oxygens (including phenoxy) is 2. The summed E-state index contributed by atoms with van der Waals surface area (Å²) in [6.45, 7) is 0.486. The molecule has 1 aliphatic rings. The molecule has 0 aromatic heterocycles. The molecule has 1 aromatic carbocycles. The molecular formula is C13H17NO4. The van der Waals surface area contributed by atoms with Gasteiger partial charge in [0.05, 0.1) is 20.1 Å². The van der Waals surface area contributed by atoms with Crippen LogP contribution in [-0.4, -0.2) is 31.8 Å². The Morgan fingerprint density at radius 3 is 2.72 bits per heavy atom. The fraction of sp³-hybridized carbons (Fsp3) is 0.462. The molecule has 98 valence electrons. The molecule has 0 bridgehead atoms. The van der Waals surface area contributed by atoms with E-state index in [2.05, 4.69) is 5.32 Å². The predicted molar refractivity (Wildman–Crippen MR) is 66.0 cm³/mol. The quantitative estimate of drug-likeness (QED) is 0.847. The standard InChI is InChI=1S/C13H17NO4/c1-17-9-3-4-12(18-2)10(6-9)11-5-8(7-14-11)13(15)16/h3-4,6,8,11,14H,5,7H2,1-2H3,(H,15,16). The number of carbonyl (C=O) groups is 1. The molecule has 2 rings (SSSR count). The van der Waals surface area contributed by atoms with Crippen molar-refractivity contribution in [3.8, 4) is 11.5 Å². The SMILES string of the molecule is COc1ccc(OC)c(C2CC(C(=O)O)CN2)c1. The number of nitrogens with one attached hydrogen (secondary N) is 1. The van der Waals surface area contributed by atoms with Crippen LogP contribution >= 0.6 is 0 Å². The normalized spacial score (nSPS) is 22.8.